The molecular formula is C25H20ClN3O6. The molecule has 0 saturated heterocycles. The van der Waals surface area contributed by atoms with Crippen molar-refractivity contribution < 1.29 is 24.0 Å². The highest BCUT2D eigenvalue weighted by Crippen LogP contribution is 2.26. The minimum Gasteiger partial charge on any atom is -0.452 e. The van der Waals surface area contributed by atoms with Gasteiger partial charge in [0, 0.05) is 17.8 Å². The van der Waals surface area contributed by atoms with Crippen LogP contribution in [0.5, 0.6) is 0 Å². The Morgan fingerprint density at radius 2 is 1.71 bits per heavy atom. The SMILES string of the molecule is O=C(COC(=O)c1ccccc1NC(=O)c1ccc([N+](=O)[O-])cc1Cl)Nc1ccc2c(c1)CCC2. The van der Waals surface area contributed by atoms with Gasteiger partial charge < -0.3 is 15.4 Å². The van der Waals surface area contributed by atoms with Gasteiger partial charge in [0.05, 0.1) is 26.8 Å². The third-order valence-electron chi connectivity index (χ3n) is 5.52. The predicted octanol–water partition coefficient (Wildman–Crippen LogP) is 4.78. The van der Waals surface area contributed by atoms with Crippen LogP contribution < -0.4 is 10.6 Å². The summed E-state index contributed by atoms with van der Waals surface area (Å²) in [5.74, 6) is -1.96. The zero-order chi connectivity index (χ0) is 24.9. The standard InChI is InChI=1S/C25H20ClN3O6/c26-21-13-18(29(33)34)10-11-19(21)24(31)28-22-7-2-1-6-20(22)25(32)35-14-23(30)27-17-9-8-15-4-3-5-16(15)12-17/h1-2,6-13H,3-5,14H2,(H,27,30)(H,28,31). The van der Waals surface area contributed by atoms with Crippen LogP contribution in [-0.4, -0.2) is 29.3 Å². The number of non-ortho nitro benzene ring substituents is 1. The summed E-state index contributed by atoms with van der Waals surface area (Å²) in [6.45, 7) is -0.508. The Kier molecular flexibility index (Phi) is 7.07. The number of hydrogen-bond donors (Lipinski definition) is 2. The summed E-state index contributed by atoms with van der Waals surface area (Å²) in [5, 5.41) is 16.0. The molecule has 0 atom stereocenters. The third-order valence-corrected chi connectivity index (χ3v) is 5.83. The number of amides is 2. The van der Waals surface area contributed by atoms with Crippen molar-refractivity contribution >= 4 is 46.4 Å². The zero-order valence-electron chi connectivity index (χ0n) is 18.4. The molecule has 0 unspecified atom stereocenters. The number of hydrogen-bond acceptors (Lipinski definition) is 6. The average molecular weight is 494 g/mol. The van der Waals surface area contributed by atoms with E-state index in [2.05, 4.69) is 10.6 Å². The van der Waals surface area contributed by atoms with E-state index in [1.165, 1.54) is 29.3 Å². The molecule has 0 saturated carbocycles. The van der Waals surface area contributed by atoms with Crippen LogP contribution in [0.3, 0.4) is 0 Å². The predicted molar refractivity (Wildman–Crippen MR) is 130 cm³/mol. The molecule has 0 radical (unpaired) electrons. The Bertz CT molecular complexity index is 1340. The number of carbonyl (C=O) groups excluding carboxylic acids is 3. The minimum atomic E-state index is -0.806. The monoisotopic (exact) mass is 493 g/mol. The minimum absolute atomic E-state index is 0.00541. The maximum absolute atomic E-state index is 12.7. The van der Waals surface area contributed by atoms with E-state index >= 15 is 0 Å². The van der Waals surface area contributed by atoms with E-state index < -0.39 is 29.3 Å². The number of para-hydroxylation sites is 1. The largest absolute Gasteiger partial charge is 0.452 e. The number of aryl methyl sites for hydroxylation is 2. The molecule has 2 N–H and O–H groups in total. The molecule has 1 aliphatic rings. The second kappa shape index (κ2) is 10.4. The fourth-order valence-electron chi connectivity index (χ4n) is 3.82. The van der Waals surface area contributed by atoms with Crippen molar-refractivity contribution in [1.82, 2.24) is 0 Å². The van der Waals surface area contributed by atoms with Crippen molar-refractivity contribution in [2.45, 2.75) is 19.3 Å². The molecule has 4 rings (SSSR count). The van der Waals surface area contributed by atoms with Crippen LogP contribution in [0.15, 0.2) is 60.7 Å². The highest BCUT2D eigenvalue weighted by molar-refractivity contribution is 6.34. The quantitative estimate of drug-likeness (QED) is 0.277. The number of ether oxygens (including phenoxy) is 1. The molecule has 0 fully saturated rings. The lowest BCUT2D eigenvalue weighted by atomic mass is 10.1. The van der Waals surface area contributed by atoms with Crippen LogP contribution in [0.1, 0.15) is 38.3 Å². The van der Waals surface area contributed by atoms with E-state index in [0.717, 1.165) is 31.4 Å². The Hall–Kier alpha value is -4.24. The van der Waals surface area contributed by atoms with Crippen molar-refractivity contribution in [2.24, 2.45) is 0 Å². The van der Waals surface area contributed by atoms with E-state index in [4.69, 9.17) is 16.3 Å². The molecule has 0 bridgehead atoms. The first-order chi connectivity index (χ1) is 16.8. The summed E-state index contributed by atoms with van der Waals surface area (Å²) in [5.41, 5.74) is 3.03. The van der Waals surface area contributed by atoms with Crippen molar-refractivity contribution in [2.75, 3.05) is 17.2 Å². The summed E-state index contributed by atoms with van der Waals surface area (Å²) in [7, 11) is 0. The van der Waals surface area contributed by atoms with Crippen molar-refractivity contribution in [3.63, 3.8) is 0 Å². The van der Waals surface area contributed by atoms with Gasteiger partial charge in [-0.1, -0.05) is 29.8 Å². The highest BCUT2D eigenvalue weighted by Gasteiger charge is 2.19. The van der Waals surface area contributed by atoms with E-state index in [0.29, 0.717) is 5.69 Å². The highest BCUT2D eigenvalue weighted by atomic mass is 35.5. The van der Waals surface area contributed by atoms with E-state index in [1.807, 2.05) is 18.2 Å². The molecule has 0 heterocycles. The molecule has 3 aromatic carbocycles. The average Bonchev–Trinajstić information content (AvgIpc) is 3.30. The van der Waals surface area contributed by atoms with Gasteiger partial charge in [-0.15, -0.1) is 0 Å². The zero-order valence-corrected chi connectivity index (χ0v) is 19.1. The van der Waals surface area contributed by atoms with Gasteiger partial charge in [0.1, 0.15) is 0 Å². The molecular weight excluding hydrogens is 474 g/mol. The van der Waals surface area contributed by atoms with Gasteiger partial charge in [-0.3, -0.25) is 19.7 Å². The number of nitro benzene ring substituents is 1. The Balaban J connectivity index is 1.39. The molecule has 10 heteroatoms. The number of nitrogens with one attached hydrogen (secondary N) is 2. The molecule has 35 heavy (non-hydrogen) atoms. The fourth-order valence-corrected chi connectivity index (χ4v) is 4.08. The molecule has 2 amide bonds. The summed E-state index contributed by atoms with van der Waals surface area (Å²) < 4.78 is 5.15. The smallest absolute Gasteiger partial charge is 0.340 e. The molecule has 9 nitrogen and oxygen atoms in total. The van der Waals surface area contributed by atoms with E-state index in [-0.39, 0.29) is 27.5 Å². The topological polar surface area (TPSA) is 128 Å². The second-order valence-corrected chi connectivity index (χ2v) is 8.29. The molecule has 0 aliphatic heterocycles. The number of nitrogens with zero attached hydrogens (tertiary/aromatic N) is 1. The molecule has 1 aliphatic carbocycles. The van der Waals surface area contributed by atoms with Crippen molar-refractivity contribution in [3.05, 3.63) is 98.1 Å². The molecule has 178 valence electrons. The first-order valence-electron chi connectivity index (χ1n) is 10.7. The van der Waals surface area contributed by atoms with Crippen LogP contribution in [0, 0.1) is 10.1 Å². The van der Waals surface area contributed by atoms with Gasteiger partial charge in [-0.25, -0.2) is 4.79 Å². The number of fused-ring (bicyclic) bond motifs is 1. The molecule has 0 spiro atoms. The maximum atomic E-state index is 12.7. The number of benzene rings is 3. The van der Waals surface area contributed by atoms with Gasteiger partial charge in [-0.05, 0) is 60.7 Å². The van der Waals surface area contributed by atoms with Crippen LogP contribution >= 0.6 is 11.6 Å². The van der Waals surface area contributed by atoms with Crippen LogP contribution in [-0.2, 0) is 22.4 Å². The van der Waals surface area contributed by atoms with Gasteiger partial charge in [0.2, 0.25) is 0 Å². The third kappa shape index (κ3) is 5.64. The summed E-state index contributed by atoms with van der Waals surface area (Å²) in [6.07, 6.45) is 3.10. The van der Waals surface area contributed by atoms with Gasteiger partial charge in [0.25, 0.3) is 17.5 Å². The van der Waals surface area contributed by atoms with Crippen LogP contribution in [0.4, 0.5) is 17.1 Å². The van der Waals surface area contributed by atoms with E-state index in [1.54, 1.807) is 12.1 Å². The van der Waals surface area contributed by atoms with Crippen molar-refractivity contribution in [1.29, 1.82) is 0 Å². The maximum Gasteiger partial charge on any atom is 0.340 e. The Morgan fingerprint density at radius 3 is 2.49 bits per heavy atom. The number of nitro groups is 1. The van der Waals surface area contributed by atoms with Crippen LogP contribution in [0.25, 0.3) is 0 Å². The number of anilines is 2. The van der Waals surface area contributed by atoms with Crippen LogP contribution in [0.2, 0.25) is 5.02 Å². The lowest BCUT2D eigenvalue weighted by molar-refractivity contribution is -0.384. The number of esters is 1. The number of halogens is 1. The fraction of sp³-hybridized carbons (Fsp3) is 0.160. The molecule has 0 aromatic heterocycles. The number of rotatable bonds is 7. The van der Waals surface area contributed by atoms with Crippen molar-refractivity contribution in [3.8, 4) is 0 Å². The lowest BCUT2D eigenvalue weighted by Gasteiger charge is -2.12. The Morgan fingerprint density at radius 1 is 0.943 bits per heavy atom. The first-order valence-corrected chi connectivity index (χ1v) is 11.1. The Labute approximate surface area is 205 Å². The number of carbonyl (C=O) groups is 3. The second-order valence-electron chi connectivity index (χ2n) is 7.88. The molecule has 3 aromatic rings. The van der Waals surface area contributed by atoms with E-state index in [9.17, 15) is 24.5 Å². The lowest BCUT2D eigenvalue weighted by Crippen LogP contribution is -2.22. The summed E-state index contributed by atoms with van der Waals surface area (Å²) >= 11 is 6.02. The van der Waals surface area contributed by atoms with Gasteiger partial charge in [-0.2, -0.15) is 0 Å². The van der Waals surface area contributed by atoms with Gasteiger partial charge in [0.15, 0.2) is 6.61 Å². The normalized spacial score (nSPS) is 11.9. The summed E-state index contributed by atoms with van der Waals surface area (Å²) in [4.78, 5) is 47.8. The summed E-state index contributed by atoms with van der Waals surface area (Å²) in [6, 6.07) is 15.3. The van der Waals surface area contributed by atoms with Gasteiger partial charge >= 0.3 is 5.97 Å². The first kappa shape index (κ1) is 23.9.